The monoisotopic (exact) mass is 276 g/mol. The quantitative estimate of drug-likeness (QED) is 0.675. The van der Waals surface area contributed by atoms with Gasteiger partial charge in [0, 0.05) is 12.4 Å². The van der Waals surface area contributed by atoms with Crippen molar-refractivity contribution >= 4 is 33.5 Å². The van der Waals surface area contributed by atoms with E-state index in [9.17, 15) is 4.39 Å². The minimum absolute atomic E-state index is 0.220. The summed E-state index contributed by atoms with van der Waals surface area (Å²) in [6, 6.07) is 4.69. The molecule has 0 fully saturated rings. The minimum Gasteiger partial charge on any atom is -0.267 e. The molecule has 1 aromatic heterocycles. The molecule has 62 valence electrons. The van der Waals surface area contributed by atoms with E-state index in [4.69, 9.17) is 0 Å². The van der Waals surface area contributed by atoms with Gasteiger partial charge in [0.05, 0.1) is 5.52 Å². The molecule has 0 saturated heterocycles. The molecule has 2 rings (SSSR count). The molecule has 2 aromatic rings. The second-order valence-electron chi connectivity index (χ2n) is 2.58. The predicted octanol–water partition coefficient (Wildman–Crippen LogP) is 2.32. The van der Waals surface area contributed by atoms with E-state index in [1.165, 1.54) is 12.1 Å². The Kier molecular flexibility index (Phi) is 1.79. The van der Waals surface area contributed by atoms with Crippen molar-refractivity contribution in [3.05, 3.63) is 27.7 Å². The average molecular weight is 276 g/mol. The Morgan fingerprint density at radius 3 is 3.00 bits per heavy atom. The van der Waals surface area contributed by atoms with Crippen LogP contribution in [-0.4, -0.2) is 9.78 Å². The van der Waals surface area contributed by atoms with Crippen LogP contribution in [0.15, 0.2) is 18.2 Å². The highest BCUT2D eigenvalue weighted by molar-refractivity contribution is 14.1. The largest absolute Gasteiger partial charge is 0.267 e. The van der Waals surface area contributed by atoms with Gasteiger partial charge in [0.25, 0.3) is 0 Å². The minimum atomic E-state index is -0.220. The first kappa shape index (κ1) is 7.97. The van der Waals surface area contributed by atoms with Gasteiger partial charge in [-0.2, -0.15) is 5.10 Å². The maximum absolute atomic E-state index is 12.8. The molecule has 0 bridgehead atoms. The maximum Gasteiger partial charge on any atom is 0.131 e. The zero-order valence-electron chi connectivity index (χ0n) is 6.38. The number of aromatic nitrogens is 2. The standard InChI is InChI=1S/C8H6FIN2/c1-12-7-4-5(9)2-3-6(7)8(10)11-12/h2-4H,1H3. The summed E-state index contributed by atoms with van der Waals surface area (Å²) in [5.74, 6) is -0.220. The van der Waals surface area contributed by atoms with Gasteiger partial charge < -0.3 is 0 Å². The zero-order valence-corrected chi connectivity index (χ0v) is 8.54. The third-order valence-corrected chi connectivity index (χ3v) is 2.57. The molecule has 0 radical (unpaired) electrons. The highest BCUT2D eigenvalue weighted by Gasteiger charge is 2.05. The summed E-state index contributed by atoms with van der Waals surface area (Å²) in [6.45, 7) is 0. The van der Waals surface area contributed by atoms with Crippen molar-refractivity contribution in [2.75, 3.05) is 0 Å². The van der Waals surface area contributed by atoms with Gasteiger partial charge in [-0.05, 0) is 40.8 Å². The van der Waals surface area contributed by atoms with Crippen molar-refractivity contribution in [2.45, 2.75) is 0 Å². The molecule has 0 unspecified atom stereocenters. The van der Waals surface area contributed by atoms with Crippen molar-refractivity contribution in [2.24, 2.45) is 7.05 Å². The van der Waals surface area contributed by atoms with E-state index < -0.39 is 0 Å². The number of hydrogen-bond donors (Lipinski definition) is 0. The maximum atomic E-state index is 12.8. The van der Waals surface area contributed by atoms with Gasteiger partial charge >= 0.3 is 0 Å². The molecule has 0 aliphatic rings. The lowest BCUT2D eigenvalue weighted by Crippen LogP contribution is -1.89. The summed E-state index contributed by atoms with van der Waals surface area (Å²) >= 11 is 2.14. The number of halogens is 2. The fourth-order valence-corrected chi connectivity index (χ4v) is 1.97. The van der Waals surface area contributed by atoms with Crippen molar-refractivity contribution in [3.8, 4) is 0 Å². The molecule has 0 amide bonds. The Labute approximate surface area is 82.5 Å². The van der Waals surface area contributed by atoms with Crippen molar-refractivity contribution in [1.82, 2.24) is 9.78 Å². The number of benzene rings is 1. The topological polar surface area (TPSA) is 17.8 Å². The van der Waals surface area contributed by atoms with Crippen molar-refractivity contribution < 1.29 is 4.39 Å². The molecule has 2 nitrogen and oxygen atoms in total. The lowest BCUT2D eigenvalue weighted by molar-refractivity contribution is 0.628. The normalized spacial score (nSPS) is 10.9. The number of aryl methyl sites for hydroxylation is 1. The van der Waals surface area contributed by atoms with E-state index in [1.807, 2.05) is 7.05 Å². The highest BCUT2D eigenvalue weighted by Crippen LogP contribution is 2.19. The summed E-state index contributed by atoms with van der Waals surface area (Å²) < 4.78 is 15.4. The SMILES string of the molecule is Cn1nc(I)c2ccc(F)cc21. The van der Waals surface area contributed by atoms with Crippen LogP contribution in [-0.2, 0) is 7.05 Å². The van der Waals surface area contributed by atoms with Crippen LogP contribution in [0.5, 0.6) is 0 Å². The molecule has 0 N–H and O–H groups in total. The van der Waals surface area contributed by atoms with Gasteiger partial charge in [0.15, 0.2) is 0 Å². The van der Waals surface area contributed by atoms with E-state index >= 15 is 0 Å². The Balaban J connectivity index is 2.90. The van der Waals surface area contributed by atoms with E-state index in [0.29, 0.717) is 0 Å². The molecule has 0 spiro atoms. The van der Waals surface area contributed by atoms with Gasteiger partial charge in [-0.1, -0.05) is 0 Å². The summed E-state index contributed by atoms with van der Waals surface area (Å²) in [4.78, 5) is 0. The second-order valence-corrected chi connectivity index (χ2v) is 3.60. The molecular formula is C8H6FIN2. The Morgan fingerprint density at radius 1 is 1.50 bits per heavy atom. The van der Waals surface area contributed by atoms with Gasteiger partial charge in [0.1, 0.15) is 9.52 Å². The van der Waals surface area contributed by atoms with Crippen LogP contribution in [0.3, 0.4) is 0 Å². The molecule has 0 atom stereocenters. The lowest BCUT2D eigenvalue weighted by atomic mass is 10.2. The van der Waals surface area contributed by atoms with Gasteiger partial charge in [0.2, 0.25) is 0 Å². The zero-order chi connectivity index (χ0) is 8.72. The smallest absolute Gasteiger partial charge is 0.131 e. The van der Waals surface area contributed by atoms with Gasteiger partial charge in [-0.3, -0.25) is 4.68 Å². The number of nitrogens with zero attached hydrogens (tertiary/aromatic N) is 2. The number of fused-ring (bicyclic) bond motifs is 1. The molecule has 0 saturated carbocycles. The fraction of sp³-hybridized carbons (Fsp3) is 0.125. The van der Waals surface area contributed by atoms with Crippen LogP contribution in [0.4, 0.5) is 4.39 Å². The predicted molar refractivity (Wildman–Crippen MR) is 53.4 cm³/mol. The molecular weight excluding hydrogens is 270 g/mol. The third-order valence-electron chi connectivity index (χ3n) is 1.77. The first-order valence-corrected chi connectivity index (χ1v) is 4.54. The van der Waals surface area contributed by atoms with E-state index in [1.54, 1.807) is 10.7 Å². The number of hydrogen-bond acceptors (Lipinski definition) is 1. The lowest BCUT2D eigenvalue weighted by Gasteiger charge is -1.92. The van der Waals surface area contributed by atoms with Crippen LogP contribution in [0.25, 0.3) is 10.9 Å². The Bertz CT molecular complexity index is 436. The molecule has 0 aliphatic heterocycles. The molecule has 1 heterocycles. The van der Waals surface area contributed by atoms with Crippen molar-refractivity contribution in [1.29, 1.82) is 0 Å². The summed E-state index contributed by atoms with van der Waals surface area (Å²) in [5.41, 5.74) is 0.833. The summed E-state index contributed by atoms with van der Waals surface area (Å²) in [5, 5.41) is 5.17. The van der Waals surface area contributed by atoms with Crippen LogP contribution >= 0.6 is 22.6 Å². The molecule has 1 aromatic carbocycles. The van der Waals surface area contributed by atoms with E-state index in [0.717, 1.165) is 14.6 Å². The Morgan fingerprint density at radius 2 is 2.25 bits per heavy atom. The highest BCUT2D eigenvalue weighted by atomic mass is 127. The van der Waals surface area contributed by atoms with E-state index in [-0.39, 0.29) is 5.82 Å². The van der Waals surface area contributed by atoms with E-state index in [2.05, 4.69) is 27.7 Å². The van der Waals surface area contributed by atoms with Gasteiger partial charge in [-0.25, -0.2) is 4.39 Å². The van der Waals surface area contributed by atoms with Crippen LogP contribution < -0.4 is 0 Å². The first-order valence-electron chi connectivity index (χ1n) is 3.46. The van der Waals surface area contributed by atoms with Crippen molar-refractivity contribution in [3.63, 3.8) is 0 Å². The summed E-state index contributed by atoms with van der Waals surface area (Å²) in [7, 11) is 1.81. The van der Waals surface area contributed by atoms with Crippen LogP contribution in [0.1, 0.15) is 0 Å². The molecule has 4 heteroatoms. The number of rotatable bonds is 0. The fourth-order valence-electron chi connectivity index (χ4n) is 1.19. The van der Waals surface area contributed by atoms with Gasteiger partial charge in [-0.15, -0.1) is 0 Å². The van der Waals surface area contributed by atoms with Crippen LogP contribution in [0.2, 0.25) is 0 Å². The average Bonchev–Trinajstić information content (AvgIpc) is 2.28. The first-order chi connectivity index (χ1) is 5.68. The third kappa shape index (κ3) is 1.10. The second kappa shape index (κ2) is 2.69. The van der Waals surface area contributed by atoms with Crippen LogP contribution in [0, 0.1) is 9.52 Å². The Hall–Kier alpha value is -0.650. The summed E-state index contributed by atoms with van der Waals surface area (Å²) in [6.07, 6.45) is 0. The molecule has 12 heavy (non-hydrogen) atoms. The molecule has 0 aliphatic carbocycles.